The molecule has 2 heterocycles. The predicted octanol–water partition coefficient (Wildman–Crippen LogP) is 0.740. The fraction of sp³-hybridized carbons (Fsp3) is 0.538. The lowest BCUT2D eigenvalue weighted by Crippen LogP contribution is -2.50. The average Bonchev–Trinajstić information content (AvgIpc) is 3.00. The summed E-state index contributed by atoms with van der Waals surface area (Å²) in [6, 6.07) is 3.07. The molecule has 0 radical (unpaired) electrons. The van der Waals surface area contributed by atoms with Gasteiger partial charge in [0.2, 0.25) is 5.91 Å². The number of amides is 1. The Morgan fingerprint density at radius 2 is 2.23 bits per heavy atom. The molecule has 2 N–H and O–H groups in total. The fourth-order valence-corrected chi connectivity index (χ4v) is 4.39. The SMILES string of the molecule is CC1(C(=O)O)CCCN(C(=O)CNS(=O)(=O)c2cccs2)C1. The number of nitrogens with zero attached hydrogens (tertiary/aromatic N) is 1. The Morgan fingerprint density at radius 1 is 1.50 bits per heavy atom. The van der Waals surface area contributed by atoms with E-state index in [1.54, 1.807) is 18.4 Å². The van der Waals surface area contributed by atoms with Crippen LogP contribution in [0.3, 0.4) is 0 Å². The van der Waals surface area contributed by atoms with Gasteiger partial charge in [-0.15, -0.1) is 11.3 Å². The van der Waals surface area contributed by atoms with Crippen molar-refractivity contribution < 1.29 is 23.1 Å². The van der Waals surface area contributed by atoms with Crippen molar-refractivity contribution in [1.29, 1.82) is 0 Å². The zero-order chi connectivity index (χ0) is 16.4. The lowest BCUT2D eigenvalue weighted by Gasteiger charge is -2.37. The number of nitrogens with one attached hydrogen (secondary N) is 1. The van der Waals surface area contributed by atoms with Gasteiger partial charge in [-0.05, 0) is 31.2 Å². The molecule has 1 atom stereocenters. The van der Waals surface area contributed by atoms with Crippen LogP contribution in [0.5, 0.6) is 0 Å². The van der Waals surface area contributed by atoms with Crippen LogP contribution in [0.4, 0.5) is 0 Å². The molecule has 9 heteroatoms. The van der Waals surface area contributed by atoms with Gasteiger partial charge in [-0.2, -0.15) is 0 Å². The van der Waals surface area contributed by atoms with E-state index in [-0.39, 0.29) is 17.3 Å². The number of sulfonamides is 1. The third-order valence-corrected chi connectivity index (χ3v) is 6.54. The molecule has 1 aromatic rings. The number of rotatable bonds is 5. The summed E-state index contributed by atoms with van der Waals surface area (Å²) in [7, 11) is -3.69. The number of carboxylic acids is 1. The number of piperidine rings is 1. The lowest BCUT2D eigenvalue weighted by molar-refractivity contribution is -0.153. The highest BCUT2D eigenvalue weighted by Crippen LogP contribution is 2.29. The van der Waals surface area contributed by atoms with Crippen molar-refractivity contribution in [2.24, 2.45) is 5.41 Å². The first kappa shape index (κ1) is 16.9. The summed E-state index contributed by atoms with van der Waals surface area (Å²) in [5.74, 6) is -1.35. The number of carboxylic acid groups (broad SMARTS) is 1. The summed E-state index contributed by atoms with van der Waals surface area (Å²) in [5.41, 5.74) is -0.972. The topological polar surface area (TPSA) is 104 Å². The van der Waals surface area contributed by atoms with Gasteiger partial charge in [-0.25, -0.2) is 13.1 Å². The monoisotopic (exact) mass is 346 g/mol. The number of thiophene rings is 1. The van der Waals surface area contributed by atoms with E-state index in [1.165, 1.54) is 11.0 Å². The Labute approximate surface area is 133 Å². The predicted molar refractivity (Wildman–Crippen MR) is 81.1 cm³/mol. The standard InChI is InChI=1S/C13H18N2O5S2/c1-13(12(17)18)5-3-6-15(9-13)10(16)8-14-22(19,20)11-4-2-7-21-11/h2,4,7,14H,3,5-6,8-9H2,1H3,(H,17,18). The highest BCUT2D eigenvalue weighted by atomic mass is 32.2. The largest absolute Gasteiger partial charge is 0.481 e. The number of likely N-dealkylation sites (tertiary alicyclic amines) is 1. The van der Waals surface area contributed by atoms with E-state index in [0.717, 1.165) is 11.3 Å². The quantitative estimate of drug-likeness (QED) is 0.818. The molecule has 1 saturated heterocycles. The van der Waals surface area contributed by atoms with E-state index in [1.807, 2.05) is 0 Å². The van der Waals surface area contributed by atoms with Gasteiger partial charge in [0.25, 0.3) is 10.0 Å². The van der Waals surface area contributed by atoms with E-state index in [0.29, 0.717) is 19.4 Å². The first-order chi connectivity index (χ1) is 10.2. The van der Waals surface area contributed by atoms with Crippen LogP contribution < -0.4 is 4.72 Å². The van der Waals surface area contributed by atoms with Crippen molar-refractivity contribution in [2.45, 2.75) is 24.0 Å². The van der Waals surface area contributed by atoms with Crippen LogP contribution in [0.15, 0.2) is 21.7 Å². The van der Waals surface area contributed by atoms with Crippen LogP contribution in [-0.4, -0.2) is 49.9 Å². The molecule has 2 rings (SSSR count). The molecule has 0 aromatic carbocycles. The van der Waals surface area contributed by atoms with Gasteiger partial charge in [0.15, 0.2) is 0 Å². The first-order valence-electron chi connectivity index (χ1n) is 6.79. The van der Waals surface area contributed by atoms with Crippen LogP contribution >= 0.6 is 11.3 Å². The van der Waals surface area contributed by atoms with Crippen molar-refractivity contribution >= 4 is 33.2 Å². The van der Waals surface area contributed by atoms with E-state index >= 15 is 0 Å². The van der Waals surface area contributed by atoms with E-state index in [2.05, 4.69) is 4.72 Å². The number of hydrogen-bond donors (Lipinski definition) is 2. The van der Waals surface area contributed by atoms with Gasteiger partial charge in [0.05, 0.1) is 12.0 Å². The van der Waals surface area contributed by atoms with Gasteiger partial charge in [-0.1, -0.05) is 6.07 Å². The zero-order valence-corrected chi connectivity index (χ0v) is 13.7. The van der Waals surface area contributed by atoms with Crippen LogP contribution in [0.25, 0.3) is 0 Å². The minimum atomic E-state index is -3.69. The van der Waals surface area contributed by atoms with Crippen LogP contribution in [0.2, 0.25) is 0 Å². The molecule has 1 amide bonds. The second-order valence-corrected chi connectivity index (χ2v) is 8.48. The number of hydrogen-bond acceptors (Lipinski definition) is 5. The summed E-state index contributed by atoms with van der Waals surface area (Å²) >= 11 is 1.07. The van der Waals surface area contributed by atoms with E-state index in [9.17, 15) is 23.1 Å². The Morgan fingerprint density at radius 3 is 2.82 bits per heavy atom. The molecule has 1 aliphatic heterocycles. The molecule has 7 nitrogen and oxygen atoms in total. The highest BCUT2D eigenvalue weighted by Gasteiger charge is 2.39. The average molecular weight is 346 g/mol. The number of carbonyl (C=O) groups is 2. The fourth-order valence-electron chi connectivity index (χ4n) is 2.38. The molecule has 0 saturated carbocycles. The summed E-state index contributed by atoms with van der Waals surface area (Å²) in [4.78, 5) is 24.8. The summed E-state index contributed by atoms with van der Waals surface area (Å²) in [6.07, 6.45) is 1.10. The first-order valence-corrected chi connectivity index (χ1v) is 9.15. The second kappa shape index (κ2) is 6.35. The van der Waals surface area contributed by atoms with E-state index < -0.39 is 27.3 Å². The minimum absolute atomic E-state index is 0.0991. The normalized spacial score (nSPS) is 22.5. The lowest BCUT2D eigenvalue weighted by atomic mass is 9.82. The molecular weight excluding hydrogens is 328 g/mol. The maximum atomic E-state index is 12.1. The van der Waals surface area contributed by atoms with Gasteiger partial charge in [0.1, 0.15) is 4.21 Å². The van der Waals surface area contributed by atoms with E-state index in [4.69, 9.17) is 0 Å². The Balaban J connectivity index is 1.97. The zero-order valence-electron chi connectivity index (χ0n) is 12.1. The number of aliphatic carboxylic acids is 1. The molecule has 1 aromatic heterocycles. The van der Waals surface area contributed by atoms with Crippen LogP contribution in [0, 0.1) is 5.41 Å². The Hall–Kier alpha value is -1.45. The van der Waals surface area contributed by atoms with Gasteiger partial charge < -0.3 is 10.0 Å². The third kappa shape index (κ3) is 3.65. The van der Waals surface area contributed by atoms with Crippen LogP contribution in [0.1, 0.15) is 19.8 Å². The van der Waals surface area contributed by atoms with Crippen molar-refractivity contribution in [3.05, 3.63) is 17.5 Å². The molecule has 22 heavy (non-hydrogen) atoms. The minimum Gasteiger partial charge on any atom is -0.481 e. The van der Waals surface area contributed by atoms with Crippen LogP contribution in [-0.2, 0) is 19.6 Å². The molecule has 1 fully saturated rings. The summed E-state index contributed by atoms with van der Waals surface area (Å²) in [6.45, 7) is 1.78. The summed E-state index contributed by atoms with van der Waals surface area (Å²) in [5, 5.41) is 10.9. The molecule has 1 aliphatic rings. The Kier molecular flexibility index (Phi) is 4.88. The molecule has 1 unspecified atom stereocenters. The maximum Gasteiger partial charge on any atom is 0.311 e. The molecule has 0 spiro atoms. The summed E-state index contributed by atoms with van der Waals surface area (Å²) < 4.78 is 26.3. The highest BCUT2D eigenvalue weighted by molar-refractivity contribution is 7.91. The molecular formula is C13H18N2O5S2. The maximum absolute atomic E-state index is 12.1. The number of carbonyl (C=O) groups excluding carboxylic acids is 1. The van der Waals surface area contributed by atoms with Crippen molar-refractivity contribution in [1.82, 2.24) is 9.62 Å². The molecule has 0 aliphatic carbocycles. The van der Waals surface area contributed by atoms with Crippen molar-refractivity contribution in [2.75, 3.05) is 19.6 Å². The molecule has 122 valence electrons. The van der Waals surface area contributed by atoms with Crippen molar-refractivity contribution in [3.63, 3.8) is 0 Å². The third-order valence-electron chi connectivity index (χ3n) is 3.74. The molecule has 0 bridgehead atoms. The van der Waals surface area contributed by atoms with Gasteiger partial charge >= 0.3 is 5.97 Å². The van der Waals surface area contributed by atoms with Crippen molar-refractivity contribution in [3.8, 4) is 0 Å². The smallest absolute Gasteiger partial charge is 0.311 e. The second-order valence-electron chi connectivity index (χ2n) is 5.54. The van der Waals surface area contributed by atoms with Gasteiger partial charge in [0, 0.05) is 13.1 Å². The van der Waals surface area contributed by atoms with Gasteiger partial charge in [-0.3, -0.25) is 9.59 Å². The Bertz CT molecular complexity index is 656.